The van der Waals surface area contributed by atoms with Crippen molar-refractivity contribution in [1.82, 2.24) is 4.98 Å². The molecular weight excluding hydrogens is 332 g/mol. The number of hydrogen-bond donors (Lipinski definition) is 1. The van der Waals surface area contributed by atoms with E-state index in [2.05, 4.69) is 11.1 Å². The van der Waals surface area contributed by atoms with E-state index in [1.807, 2.05) is 39.0 Å². The molecule has 1 N–H and O–H groups in total. The van der Waals surface area contributed by atoms with Gasteiger partial charge in [0, 0.05) is 28.2 Å². The molecule has 0 unspecified atom stereocenters. The number of nitrogens with one attached hydrogen (secondary N) is 1. The number of fused-ring (bicyclic) bond motifs is 1. The van der Waals surface area contributed by atoms with Crippen LogP contribution in [0.1, 0.15) is 53.5 Å². The first-order valence-corrected chi connectivity index (χ1v) is 8.68. The number of benzene rings is 2. The third kappa shape index (κ3) is 3.92. The predicted molar refractivity (Wildman–Crippen MR) is 103 cm³/mol. The summed E-state index contributed by atoms with van der Waals surface area (Å²) < 4.78 is 0. The predicted octanol–water partition coefficient (Wildman–Crippen LogP) is 5.82. The number of aromatic nitrogens is 1. The summed E-state index contributed by atoms with van der Waals surface area (Å²) in [4.78, 5) is 15.0. The molecule has 0 fully saturated rings. The summed E-state index contributed by atoms with van der Waals surface area (Å²) in [6.07, 6.45) is 0.613. The van der Waals surface area contributed by atoms with E-state index in [-0.39, 0.29) is 5.78 Å². The fourth-order valence-electron chi connectivity index (χ4n) is 2.86. The van der Waals surface area contributed by atoms with Gasteiger partial charge in [-0.25, -0.2) is 0 Å². The second-order valence-electron chi connectivity index (χ2n) is 5.64. The van der Waals surface area contributed by atoms with Crippen molar-refractivity contribution in [2.45, 2.75) is 34.1 Å². The van der Waals surface area contributed by atoms with Gasteiger partial charge in [-0.15, -0.1) is 0 Å². The van der Waals surface area contributed by atoms with E-state index in [4.69, 9.17) is 16.9 Å². The van der Waals surface area contributed by atoms with Crippen LogP contribution in [0.5, 0.6) is 0 Å². The van der Waals surface area contributed by atoms with Gasteiger partial charge in [-0.05, 0) is 60.7 Å². The molecule has 0 aliphatic rings. The average Bonchev–Trinajstić information content (AvgIpc) is 3.01. The standard InChI is InChI=1S/C19H15ClN2O.C2H6/c1-11-16(12(2)23)5-6-18(20)17(11)9-15-8-14-4-3-13(10-21)7-19(14)22-15;1-2/h3-8,22H,9H2,1-2H3;1-2H3. The second kappa shape index (κ2) is 8.00. The lowest BCUT2D eigenvalue weighted by Crippen LogP contribution is -2.02. The molecule has 3 nitrogen and oxygen atoms in total. The van der Waals surface area contributed by atoms with Gasteiger partial charge in [-0.3, -0.25) is 4.79 Å². The van der Waals surface area contributed by atoms with Gasteiger partial charge in [-0.2, -0.15) is 5.26 Å². The Hall–Kier alpha value is -2.57. The molecule has 0 saturated heterocycles. The molecule has 25 heavy (non-hydrogen) atoms. The number of hydrogen-bond acceptors (Lipinski definition) is 2. The Morgan fingerprint density at radius 3 is 2.56 bits per heavy atom. The number of H-pyrrole nitrogens is 1. The molecule has 0 bridgehead atoms. The first-order chi connectivity index (χ1) is 12.0. The minimum Gasteiger partial charge on any atom is -0.358 e. The van der Waals surface area contributed by atoms with Gasteiger partial charge in [0.05, 0.1) is 11.6 Å². The van der Waals surface area contributed by atoms with Crippen LogP contribution in [0.3, 0.4) is 0 Å². The molecule has 0 atom stereocenters. The summed E-state index contributed by atoms with van der Waals surface area (Å²) in [6.45, 7) is 7.49. The summed E-state index contributed by atoms with van der Waals surface area (Å²) >= 11 is 6.33. The zero-order valence-electron chi connectivity index (χ0n) is 14.9. The molecule has 3 rings (SSSR count). The number of carbonyl (C=O) groups is 1. The number of nitrogens with zero attached hydrogens (tertiary/aromatic N) is 1. The number of rotatable bonds is 3. The maximum atomic E-state index is 11.7. The molecule has 128 valence electrons. The van der Waals surface area contributed by atoms with Crippen molar-refractivity contribution >= 4 is 28.3 Å². The Morgan fingerprint density at radius 1 is 1.20 bits per heavy atom. The first-order valence-electron chi connectivity index (χ1n) is 8.30. The van der Waals surface area contributed by atoms with Crippen molar-refractivity contribution in [3.63, 3.8) is 0 Å². The zero-order valence-corrected chi connectivity index (χ0v) is 15.7. The smallest absolute Gasteiger partial charge is 0.160 e. The Balaban J connectivity index is 0.00000109. The van der Waals surface area contributed by atoms with Gasteiger partial charge in [0.1, 0.15) is 0 Å². The Bertz CT molecular complexity index is 964. The molecule has 0 aliphatic carbocycles. The van der Waals surface area contributed by atoms with Crippen LogP contribution < -0.4 is 0 Å². The van der Waals surface area contributed by atoms with Crippen LogP contribution in [0.15, 0.2) is 36.4 Å². The van der Waals surface area contributed by atoms with Gasteiger partial charge in [0.2, 0.25) is 0 Å². The topological polar surface area (TPSA) is 56.6 Å². The summed E-state index contributed by atoms with van der Waals surface area (Å²) in [5, 5.41) is 10.7. The molecule has 0 aliphatic heterocycles. The zero-order chi connectivity index (χ0) is 18.6. The summed E-state index contributed by atoms with van der Waals surface area (Å²) in [6, 6.07) is 13.3. The number of halogens is 1. The monoisotopic (exact) mass is 352 g/mol. The van der Waals surface area contributed by atoms with Crippen LogP contribution >= 0.6 is 11.6 Å². The highest BCUT2D eigenvalue weighted by molar-refractivity contribution is 6.31. The van der Waals surface area contributed by atoms with Gasteiger partial charge >= 0.3 is 0 Å². The van der Waals surface area contributed by atoms with Crippen molar-refractivity contribution < 1.29 is 4.79 Å². The normalized spacial score (nSPS) is 10.1. The quantitative estimate of drug-likeness (QED) is 0.603. The van der Waals surface area contributed by atoms with Crippen molar-refractivity contribution in [2.75, 3.05) is 0 Å². The fraction of sp³-hybridized carbons (Fsp3) is 0.238. The molecule has 2 aromatic carbocycles. The Morgan fingerprint density at radius 2 is 1.92 bits per heavy atom. The molecule has 3 aromatic rings. The minimum atomic E-state index is 0.0377. The third-order valence-electron chi connectivity index (χ3n) is 4.10. The van der Waals surface area contributed by atoms with E-state index in [1.54, 1.807) is 25.1 Å². The molecular formula is C21H21ClN2O. The lowest BCUT2D eigenvalue weighted by molar-refractivity contribution is 0.101. The first kappa shape index (κ1) is 18.8. The Kier molecular flexibility index (Phi) is 6.01. The lowest BCUT2D eigenvalue weighted by Gasteiger charge is -2.11. The minimum absolute atomic E-state index is 0.0377. The van der Waals surface area contributed by atoms with E-state index in [9.17, 15) is 4.79 Å². The fourth-order valence-corrected chi connectivity index (χ4v) is 3.14. The van der Waals surface area contributed by atoms with E-state index >= 15 is 0 Å². The van der Waals surface area contributed by atoms with Gasteiger partial charge < -0.3 is 4.98 Å². The summed E-state index contributed by atoms with van der Waals surface area (Å²) in [5.74, 6) is 0.0377. The largest absolute Gasteiger partial charge is 0.358 e. The summed E-state index contributed by atoms with van der Waals surface area (Å²) in [7, 11) is 0. The third-order valence-corrected chi connectivity index (χ3v) is 4.45. The lowest BCUT2D eigenvalue weighted by atomic mass is 9.97. The van der Waals surface area contributed by atoms with Crippen LogP contribution in [0.4, 0.5) is 0 Å². The number of aromatic amines is 1. The van der Waals surface area contributed by atoms with Crippen molar-refractivity contribution in [2.24, 2.45) is 0 Å². The van der Waals surface area contributed by atoms with Crippen molar-refractivity contribution in [3.8, 4) is 6.07 Å². The van der Waals surface area contributed by atoms with Gasteiger partial charge in [0.15, 0.2) is 5.78 Å². The Labute approximate surface area is 153 Å². The van der Waals surface area contributed by atoms with Crippen molar-refractivity contribution in [1.29, 1.82) is 5.26 Å². The highest BCUT2D eigenvalue weighted by atomic mass is 35.5. The highest BCUT2D eigenvalue weighted by Gasteiger charge is 2.13. The maximum Gasteiger partial charge on any atom is 0.160 e. The van der Waals surface area contributed by atoms with Gasteiger partial charge in [-0.1, -0.05) is 31.5 Å². The van der Waals surface area contributed by atoms with E-state index < -0.39 is 0 Å². The second-order valence-corrected chi connectivity index (χ2v) is 6.05. The van der Waals surface area contributed by atoms with E-state index in [1.165, 1.54) is 0 Å². The van der Waals surface area contributed by atoms with Crippen LogP contribution in [-0.4, -0.2) is 10.8 Å². The van der Waals surface area contributed by atoms with E-state index in [0.29, 0.717) is 22.6 Å². The molecule has 0 spiro atoms. The number of carbonyl (C=O) groups excluding carboxylic acids is 1. The molecule has 1 heterocycles. The number of nitriles is 1. The number of ketones is 1. The van der Waals surface area contributed by atoms with E-state index in [0.717, 1.165) is 27.7 Å². The molecule has 1 aromatic heterocycles. The SMILES string of the molecule is CC.CC(=O)c1ccc(Cl)c(Cc2cc3ccc(C#N)cc3[nH]2)c1C. The molecule has 0 saturated carbocycles. The van der Waals surface area contributed by atoms with Crippen LogP contribution in [0, 0.1) is 18.3 Å². The van der Waals surface area contributed by atoms with Crippen LogP contribution in [0.2, 0.25) is 5.02 Å². The van der Waals surface area contributed by atoms with Crippen molar-refractivity contribution in [3.05, 3.63) is 69.4 Å². The molecule has 4 heteroatoms. The average molecular weight is 353 g/mol. The highest BCUT2D eigenvalue weighted by Crippen LogP contribution is 2.27. The maximum absolute atomic E-state index is 11.7. The van der Waals surface area contributed by atoms with Gasteiger partial charge in [0.25, 0.3) is 0 Å². The molecule has 0 radical (unpaired) electrons. The number of Topliss-reactive ketones (excluding diaryl/α,β-unsaturated/α-hetero) is 1. The van der Waals surface area contributed by atoms with Crippen LogP contribution in [0.25, 0.3) is 10.9 Å². The molecule has 0 amide bonds. The van der Waals surface area contributed by atoms with Crippen LogP contribution in [-0.2, 0) is 6.42 Å². The summed E-state index contributed by atoms with van der Waals surface area (Å²) in [5.41, 5.74) is 5.12.